The van der Waals surface area contributed by atoms with Crippen molar-refractivity contribution in [2.24, 2.45) is 5.92 Å². The van der Waals surface area contributed by atoms with Gasteiger partial charge in [0.15, 0.2) is 0 Å². The van der Waals surface area contributed by atoms with E-state index in [2.05, 4.69) is 84.0 Å². The summed E-state index contributed by atoms with van der Waals surface area (Å²) in [7, 11) is -0.293. The van der Waals surface area contributed by atoms with Crippen LogP contribution in [0.15, 0.2) is 42.5 Å². The first kappa shape index (κ1) is 16.2. The van der Waals surface area contributed by atoms with E-state index in [0.29, 0.717) is 11.8 Å². The average molecular weight is 322 g/mol. The lowest BCUT2D eigenvalue weighted by Gasteiger charge is -2.32. The summed E-state index contributed by atoms with van der Waals surface area (Å²) in [6.45, 7) is 13.2. The number of rotatable bonds is 1. The second-order valence-electron chi connectivity index (χ2n) is 8.94. The van der Waals surface area contributed by atoms with Gasteiger partial charge in [0.25, 0.3) is 0 Å². The molecule has 0 saturated carbocycles. The normalized spacial score (nSPS) is 31.2. The Balaban J connectivity index is 1.84. The smallest absolute Gasteiger partial charge is 0.399 e. The van der Waals surface area contributed by atoms with Crippen molar-refractivity contribution in [1.82, 2.24) is 0 Å². The van der Waals surface area contributed by atoms with Crippen molar-refractivity contribution in [1.29, 1.82) is 0 Å². The SMILES string of the molecule is CC1(C)c2cccc(B3OC(C)(C)C(C)(C)O3)c2C2C=CC=CC21. The number of hydrogen-bond donors (Lipinski definition) is 0. The molecule has 2 nitrogen and oxygen atoms in total. The molecule has 4 rings (SSSR count). The number of hydrogen-bond acceptors (Lipinski definition) is 2. The van der Waals surface area contributed by atoms with E-state index in [1.54, 1.807) is 0 Å². The maximum absolute atomic E-state index is 6.36. The third-order valence-corrected chi connectivity index (χ3v) is 6.64. The Labute approximate surface area is 146 Å². The number of benzene rings is 1. The molecule has 1 aliphatic heterocycles. The summed E-state index contributed by atoms with van der Waals surface area (Å²) in [6, 6.07) is 6.63. The van der Waals surface area contributed by atoms with Crippen molar-refractivity contribution in [2.75, 3.05) is 0 Å². The van der Waals surface area contributed by atoms with Crippen LogP contribution in [-0.4, -0.2) is 18.3 Å². The van der Waals surface area contributed by atoms with E-state index < -0.39 is 0 Å². The molecular formula is C21H27BO2. The highest BCUT2D eigenvalue weighted by atomic mass is 16.7. The molecule has 1 aromatic rings. The summed E-state index contributed by atoms with van der Waals surface area (Å²) in [6.07, 6.45) is 9.06. The summed E-state index contributed by atoms with van der Waals surface area (Å²) >= 11 is 0. The van der Waals surface area contributed by atoms with Crippen LogP contribution in [0.5, 0.6) is 0 Å². The van der Waals surface area contributed by atoms with Crippen LogP contribution in [0.25, 0.3) is 0 Å². The van der Waals surface area contributed by atoms with Gasteiger partial charge < -0.3 is 9.31 Å². The molecule has 3 heteroatoms. The minimum absolute atomic E-state index is 0.126. The number of fused-ring (bicyclic) bond motifs is 3. The van der Waals surface area contributed by atoms with E-state index in [4.69, 9.17) is 9.31 Å². The fraction of sp³-hybridized carbons (Fsp3) is 0.524. The highest BCUT2D eigenvalue weighted by molar-refractivity contribution is 6.62. The van der Waals surface area contributed by atoms with Crippen LogP contribution in [0.1, 0.15) is 58.6 Å². The van der Waals surface area contributed by atoms with Gasteiger partial charge >= 0.3 is 7.12 Å². The fourth-order valence-electron chi connectivity index (χ4n) is 4.44. The van der Waals surface area contributed by atoms with Gasteiger partial charge in [-0.25, -0.2) is 0 Å². The van der Waals surface area contributed by atoms with Crippen molar-refractivity contribution in [2.45, 2.75) is 64.1 Å². The largest absolute Gasteiger partial charge is 0.495 e. The van der Waals surface area contributed by atoms with Crippen LogP contribution >= 0.6 is 0 Å². The molecule has 1 fully saturated rings. The van der Waals surface area contributed by atoms with Gasteiger partial charge in [-0.2, -0.15) is 0 Å². The molecule has 2 atom stereocenters. The Morgan fingerprint density at radius 2 is 1.50 bits per heavy atom. The average Bonchev–Trinajstić information content (AvgIpc) is 2.88. The predicted octanol–water partition coefficient (Wildman–Crippen LogP) is 4.10. The quantitative estimate of drug-likeness (QED) is 0.725. The van der Waals surface area contributed by atoms with Gasteiger partial charge in [0, 0.05) is 5.92 Å². The third-order valence-electron chi connectivity index (χ3n) is 6.64. The molecule has 1 heterocycles. The van der Waals surface area contributed by atoms with E-state index in [1.807, 2.05) is 0 Å². The third kappa shape index (κ3) is 2.04. The molecule has 0 radical (unpaired) electrons. The first-order valence-corrected chi connectivity index (χ1v) is 8.99. The molecule has 1 aromatic carbocycles. The fourth-order valence-corrected chi connectivity index (χ4v) is 4.44. The van der Waals surface area contributed by atoms with E-state index in [-0.39, 0.29) is 23.7 Å². The molecule has 3 aliphatic rings. The van der Waals surface area contributed by atoms with Crippen LogP contribution in [0.2, 0.25) is 0 Å². The first-order valence-electron chi connectivity index (χ1n) is 8.99. The highest BCUT2D eigenvalue weighted by Crippen LogP contribution is 2.52. The maximum Gasteiger partial charge on any atom is 0.495 e. The molecule has 0 aromatic heterocycles. The zero-order valence-corrected chi connectivity index (χ0v) is 15.6. The lowest BCUT2D eigenvalue weighted by molar-refractivity contribution is 0.00578. The zero-order valence-electron chi connectivity index (χ0n) is 15.6. The second kappa shape index (κ2) is 4.86. The van der Waals surface area contributed by atoms with Gasteiger partial charge in [0.2, 0.25) is 0 Å². The van der Waals surface area contributed by atoms with Crippen molar-refractivity contribution >= 4 is 12.6 Å². The molecule has 2 unspecified atom stereocenters. The van der Waals surface area contributed by atoms with Gasteiger partial charge in [-0.15, -0.1) is 0 Å². The summed E-state index contributed by atoms with van der Waals surface area (Å²) < 4.78 is 12.7. The Morgan fingerprint density at radius 1 is 0.875 bits per heavy atom. The van der Waals surface area contributed by atoms with Gasteiger partial charge in [-0.05, 0) is 55.6 Å². The van der Waals surface area contributed by atoms with Gasteiger partial charge in [0.05, 0.1) is 11.2 Å². The molecule has 2 aliphatic carbocycles. The van der Waals surface area contributed by atoms with Gasteiger partial charge in [0.1, 0.15) is 0 Å². The molecule has 0 amide bonds. The van der Waals surface area contributed by atoms with Crippen LogP contribution < -0.4 is 5.46 Å². The van der Waals surface area contributed by atoms with E-state index in [9.17, 15) is 0 Å². The van der Waals surface area contributed by atoms with E-state index in [1.165, 1.54) is 16.6 Å². The van der Waals surface area contributed by atoms with Crippen molar-refractivity contribution in [3.63, 3.8) is 0 Å². The predicted molar refractivity (Wildman–Crippen MR) is 99.7 cm³/mol. The highest BCUT2D eigenvalue weighted by Gasteiger charge is 2.54. The Hall–Kier alpha value is -1.32. The lowest BCUT2D eigenvalue weighted by Crippen LogP contribution is -2.41. The van der Waals surface area contributed by atoms with Crippen molar-refractivity contribution in [3.05, 3.63) is 53.6 Å². The standard InChI is InChI=1S/C21H27BO2/c1-19(2)15-11-8-7-10-14(15)18-16(19)12-9-13-17(18)22-23-20(3,4)21(5,6)24-22/h7-15H,1-6H3. The topological polar surface area (TPSA) is 18.5 Å². The summed E-state index contributed by atoms with van der Waals surface area (Å²) in [5.41, 5.74) is 3.55. The summed E-state index contributed by atoms with van der Waals surface area (Å²) in [4.78, 5) is 0. The first-order chi connectivity index (χ1) is 11.2. The lowest BCUT2D eigenvalue weighted by atomic mass is 9.72. The van der Waals surface area contributed by atoms with Crippen molar-refractivity contribution in [3.8, 4) is 0 Å². The minimum Gasteiger partial charge on any atom is -0.399 e. The molecule has 126 valence electrons. The monoisotopic (exact) mass is 322 g/mol. The zero-order chi connectivity index (χ0) is 17.3. The molecule has 24 heavy (non-hydrogen) atoms. The van der Waals surface area contributed by atoms with Crippen LogP contribution in [0, 0.1) is 5.92 Å². The van der Waals surface area contributed by atoms with Crippen LogP contribution in [0.4, 0.5) is 0 Å². The molecule has 0 bridgehead atoms. The van der Waals surface area contributed by atoms with Gasteiger partial charge in [-0.1, -0.05) is 56.4 Å². The Morgan fingerprint density at radius 3 is 2.17 bits per heavy atom. The van der Waals surface area contributed by atoms with Gasteiger partial charge in [-0.3, -0.25) is 0 Å². The van der Waals surface area contributed by atoms with Crippen molar-refractivity contribution < 1.29 is 9.31 Å². The summed E-state index contributed by atoms with van der Waals surface area (Å²) in [5, 5.41) is 0. The molecular weight excluding hydrogens is 295 g/mol. The Bertz CT molecular complexity index is 726. The molecule has 0 N–H and O–H groups in total. The molecule has 0 spiro atoms. The number of allylic oxidation sites excluding steroid dienone is 4. The van der Waals surface area contributed by atoms with Crippen LogP contribution in [-0.2, 0) is 14.7 Å². The second-order valence-corrected chi connectivity index (χ2v) is 8.94. The summed E-state index contributed by atoms with van der Waals surface area (Å²) in [5.74, 6) is 0.913. The molecule has 1 saturated heterocycles. The maximum atomic E-state index is 6.36. The van der Waals surface area contributed by atoms with E-state index >= 15 is 0 Å². The minimum atomic E-state index is -0.309. The Kier molecular flexibility index (Phi) is 3.28. The van der Waals surface area contributed by atoms with E-state index in [0.717, 1.165) is 0 Å². The van der Waals surface area contributed by atoms with Crippen LogP contribution in [0.3, 0.4) is 0 Å².